The fourth-order valence-corrected chi connectivity index (χ4v) is 1.26. The molecule has 0 radical (unpaired) electrons. The first-order chi connectivity index (χ1) is 5.27. The van der Waals surface area contributed by atoms with Crippen LogP contribution in [0.1, 0.15) is 16.2 Å². The van der Waals surface area contributed by atoms with Gasteiger partial charge in [0.2, 0.25) is 0 Å². The van der Waals surface area contributed by atoms with Crippen molar-refractivity contribution in [1.29, 1.82) is 0 Å². The molecule has 11 heavy (non-hydrogen) atoms. The van der Waals surface area contributed by atoms with Crippen molar-refractivity contribution in [2.75, 3.05) is 6.54 Å². The molecule has 58 valence electrons. The van der Waals surface area contributed by atoms with Crippen molar-refractivity contribution in [1.82, 2.24) is 15.1 Å². The van der Waals surface area contributed by atoms with Gasteiger partial charge in [0, 0.05) is 6.54 Å². The molecule has 4 heteroatoms. The molecule has 0 spiro atoms. The lowest BCUT2D eigenvalue weighted by Gasteiger charge is -2.13. The lowest BCUT2D eigenvalue weighted by Crippen LogP contribution is -2.35. The lowest BCUT2D eigenvalue weighted by molar-refractivity contribution is 0.0924. The molecule has 0 atom stereocenters. The largest absolute Gasteiger partial charge is 0.349 e. The van der Waals surface area contributed by atoms with E-state index in [4.69, 9.17) is 0 Å². The number of nitrogens with one attached hydrogen (secondary N) is 1. The third kappa shape index (κ3) is 0.906. The number of amides is 1. The van der Waals surface area contributed by atoms with E-state index in [-0.39, 0.29) is 5.91 Å². The molecule has 0 fully saturated rings. The van der Waals surface area contributed by atoms with E-state index in [9.17, 15) is 4.79 Å². The Morgan fingerprint density at radius 2 is 2.55 bits per heavy atom. The van der Waals surface area contributed by atoms with E-state index in [1.54, 1.807) is 10.7 Å². The van der Waals surface area contributed by atoms with Crippen molar-refractivity contribution in [2.24, 2.45) is 0 Å². The predicted molar refractivity (Wildman–Crippen MR) is 39.3 cm³/mol. The summed E-state index contributed by atoms with van der Waals surface area (Å²) in [6.45, 7) is 3.36. The average Bonchev–Trinajstić information content (AvgIpc) is 2.31. The SMILES string of the molecule is Cc1cc2n(n1)CCNC2=O. The monoisotopic (exact) mass is 151 g/mol. The van der Waals surface area contributed by atoms with E-state index in [2.05, 4.69) is 10.4 Å². The zero-order valence-corrected chi connectivity index (χ0v) is 6.29. The first-order valence-corrected chi connectivity index (χ1v) is 3.60. The van der Waals surface area contributed by atoms with Gasteiger partial charge in [-0.25, -0.2) is 0 Å². The average molecular weight is 151 g/mol. The third-order valence-corrected chi connectivity index (χ3v) is 1.74. The van der Waals surface area contributed by atoms with Crippen LogP contribution in [0, 0.1) is 6.92 Å². The maximum atomic E-state index is 11.1. The maximum Gasteiger partial charge on any atom is 0.269 e. The number of carbonyl (C=O) groups is 1. The summed E-state index contributed by atoms with van der Waals surface area (Å²) in [4.78, 5) is 11.1. The minimum atomic E-state index is -0.0168. The Bertz CT molecular complexity index is 303. The number of carbonyl (C=O) groups excluding carboxylic acids is 1. The Morgan fingerprint density at radius 1 is 1.73 bits per heavy atom. The third-order valence-electron chi connectivity index (χ3n) is 1.74. The van der Waals surface area contributed by atoms with Crippen LogP contribution in [-0.2, 0) is 6.54 Å². The van der Waals surface area contributed by atoms with Gasteiger partial charge in [0.15, 0.2) is 0 Å². The van der Waals surface area contributed by atoms with E-state index in [1.165, 1.54) is 0 Å². The molecular weight excluding hydrogens is 142 g/mol. The molecule has 0 unspecified atom stereocenters. The number of hydrogen-bond acceptors (Lipinski definition) is 2. The summed E-state index contributed by atoms with van der Waals surface area (Å²) in [5, 5.41) is 6.91. The fraction of sp³-hybridized carbons (Fsp3) is 0.429. The molecule has 1 N–H and O–H groups in total. The molecule has 1 amide bonds. The summed E-state index contributed by atoms with van der Waals surface area (Å²) in [6.07, 6.45) is 0. The van der Waals surface area contributed by atoms with Crippen molar-refractivity contribution in [2.45, 2.75) is 13.5 Å². The van der Waals surface area contributed by atoms with Crippen molar-refractivity contribution in [3.8, 4) is 0 Å². The van der Waals surface area contributed by atoms with Crippen LogP contribution in [0.15, 0.2) is 6.07 Å². The van der Waals surface area contributed by atoms with Crippen molar-refractivity contribution in [3.05, 3.63) is 17.5 Å². The molecular formula is C7H9N3O. The topological polar surface area (TPSA) is 46.9 Å². The number of nitrogens with zero attached hydrogens (tertiary/aromatic N) is 2. The van der Waals surface area contributed by atoms with Crippen LogP contribution in [0.25, 0.3) is 0 Å². The van der Waals surface area contributed by atoms with Crippen LogP contribution >= 0.6 is 0 Å². The summed E-state index contributed by atoms with van der Waals surface area (Å²) in [5.41, 5.74) is 1.57. The highest BCUT2D eigenvalue weighted by atomic mass is 16.2. The molecule has 0 saturated carbocycles. The molecule has 2 heterocycles. The second-order valence-corrected chi connectivity index (χ2v) is 2.65. The van der Waals surface area contributed by atoms with Gasteiger partial charge in [-0.1, -0.05) is 0 Å². The number of fused-ring (bicyclic) bond motifs is 1. The molecule has 1 aromatic rings. The van der Waals surface area contributed by atoms with Gasteiger partial charge in [0.25, 0.3) is 5.91 Å². The standard InChI is InChI=1S/C7H9N3O/c1-5-4-6-7(11)8-2-3-10(6)9-5/h4H,2-3H2,1H3,(H,8,11). The van der Waals surface area contributed by atoms with Gasteiger partial charge in [-0.2, -0.15) is 5.10 Å². The Morgan fingerprint density at radius 3 is 3.27 bits per heavy atom. The summed E-state index contributed by atoms with van der Waals surface area (Å²) >= 11 is 0. The number of aryl methyl sites for hydroxylation is 1. The van der Waals surface area contributed by atoms with Crippen LogP contribution in [0.4, 0.5) is 0 Å². The first-order valence-electron chi connectivity index (χ1n) is 3.60. The highest BCUT2D eigenvalue weighted by Crippen LogP contribution is 2.05. The Labute approximate surface area is 64.2 Å². The second-order valence-electron chi connectivity index (χ2n) is 2.65. The Hall–Kier alpha value is -1.32. The first kappa shape index (κ1) is 6.39. The Kier molecular flexibility index (Phi) is 1.21. The Balaban J connectivity index is 2.52. The minimum absolute atomic E-state index is 0.0168. The van der Waals surface area contributed by atoms with Gasteiger partial charge in [-0.3, -0.25) is 9.48 Å². The molecule has 0 aromatic carbocycles. The molecule has 2 rings (SSSR count). The van der Waals surface area contributed by atoms with Crippen molar-refractivity contribution >= 4 is 5.91 Å². The number of hydrogen-bond donors (Lipinski definition) is 1. The van der Waals surface area contributed by atoms with E-state index >= 15 is 0 Å². The van der Waals surface area contributed by atoms with E-state index < -0.39 is 0 Å². The molecule has 1 aromatic heterocycles. The summed E-state index contributed by atoms with van der Waals surface area (Å²) in [7, 11) is 0. The van der Waals surface area contributed by atoms with Crippen molar-refractivity contribution in [3.63, 3.8) is 0 Å². The van der Waals surface area contributed by atoms with Crippen molar-refractivity contribution < 1.29 is 4.79 Å². The molecule has 0 bridgehead atoms. The maximum absolute atomic E-state index is 11.1. The molecule has 0 saturated heterocycles. The van der Waals surface area contributed by atoms with Crippen LogP contribution in [0.5, 0.6) is 0 Å². The number of aromatic nitrogens is 2. The highest BCUT2D eigenvalue weighted by Gasteiger charge is 2.17. The quantitative estimate of drug-likeness (QED) is 0.564. The molecule has 1 aliphatic rings. The zero-order chi connectivity index (χ0) is 7.84. The predicted octanol–water partition coefficient (Wildman–Crippen LogP) is -0.0651. The smallest absolute Gasteiger partial charge is 0.269 e. The van der Waals surface area contributed by atoms with E-state index in [1.807, 2.05) is 6.92 Å². The van der Waals surface area contributed by atoms with Gasteiger partial charge >= 0.3 is 0 Å². The van der Waals surface area contributed by atoms with Gasteiger partial charge in [-0.05, 0) is 13.0 Å². The lowest BCUT2D eigenvalue weighted by atomic mass is 10.3. The van der Waals surface area contributed by atoms with Crippen LogP contribution < -0.4 is 5.32 Å². The van der Waals surface area contributed by atoms with Gasteiger partial charge in [-0.15, -0.1) is 0 Å². The summed E-state index contributed by atoms with van der Waals surface area (Å²) < 4.78 is 1.74. The fourth-order valence-electron chi connectivity index (χ4n) is 1.26. The van der Waals surface area contributed by atoms with Crippen LogP contribution in [0.2, 0.25) is 0 Å². The van der Waals surface area contributed by atoms with E-state index in [0.717, 1.165) is 12.2 Å². The zero-order valence-electron chi connectivity index (χ0n) is 6.29. The normalized spacial score (nSPS) is 15.9. The van der Waals surface area contributed by atoms with Gasteiger partial charge < -0.3 is 5.32 Å². The van der Waals surface area contributed by atoms with Crippen LogP contribution in [0.3, 0.4) is 0 Å². The summed E-state index contributed by atoms with van der Waals surface area (Å²) in [5.74, 6) is -0.0168. The van der Waals surface area contributed by atoms with Gasteiger partial charge in [0.1, 0.15) is 5.69 Å². The second kappa shape index (κ2) is 2.08. The minimum Gasteiger partial charge on any atom is -0.349 e. The molecule has 1 aliphatic heterocycles. The van der Waals surface area contributed by atoms with Gasteiger partial charge in [0.05, 0.1) is 12.2 Å². The summed E-state index contributed by atoms with van der Waals surface area (Å²) in [6, 6.07) is 1.80. The highest BCUT2D eigenvalue weighted by molar-refractivity contribution is 5.93. The molecule has 0 aliphatic carbocycles. The van der Waals surface area contributed by atoms with E-state index in [0.29, 0.717) is 12.2 Å². The van der Waals surface area contributed by atoms with Crippen LogP contribution in [-0.4, -0.2) is 22.2 Å². The molecule has 4 nitrogen and oxygen atoms in total. The number of rotatable bonds is 0.